The van der Waals surface area contributed by atoms with E-state index in [0.29, 0.717) is 25.9 Å². The van der Waals surface area contributed by atoms with E-state index in [4.69, 9.17) is 0 Å². The lowest BCUT2D eigenvalue weighted by Gasteiger charge is -2.33. The summed E-state index contributed by atoms with van der Waals surface area (Å²) < 4.78 is 0. The van der Waals surface area contributed by atoms with Gasteiger partial charge in [-0.1, -0.05) is 0 Å². The van der Waals surface area contributed by atoms with Gasteiger partial charge in [-0.2, -0.15) is 0 Å². The minimum Gasteiger partial charge on any atom is -0.381 e. The zero-order valence-corrected chi connectivity index (χ0v) is 8.69. The van der Waals surface area contributed by atoms with Gasteiger partial charge in [-0.15, -0.1) is 0 Å². The van der Waals surface area contributed by atoms with Crippen molar-refractivity contribution in [2.75, 3.05) is 13.1 Å². The molecule has 4 heteroatoms. The maximum atomic E-state index is 11.6. The maximum Gasteiger partial charge on any atom is 0.253 e. The normalized spacial score (nSPS) is 19.5. The Morgan fingerprint density at radius 3 is 2.29 bits per heavy atom. The standard InChI is InChI=1S/C10H17NO3/c1-10(2,14)9(13)11-5-3-8(7-12)4-6-11/h7-8,14H,3-6H2,1-2H3. The second-order valence-corrected chi connectivity index (χ2v) is 4.32. The smallest absolute Gasteiger partial charge is 0.253 e. The van der Waals surface area contributed by atoms with Crippen LogP contribution >= 0.6 is 0 Å². The lowest BCUT2D eigenvalue weighted by atomic mass is 9.97. The molecule has 0 aromatic carbocycles. The molecule has 14 heavy (non-hydrogen) atoms. The highest BCUT2D eigenvalue weighted by Gasteiger charge is 2.31. The summed E-state index contributed by atoms with van der Waals surface area (Å²) in [5.74, 6) is -0.164. The number of likely N-dealkylation sites (tertiary alicyclic amines) is 1. The molecule has 1 saturated heterocycles. The van der Waals surface area contributed by atoms with E-state index in [1.165, 1.54) is 13.8 Å². The number of hydrogen-bond donors (Lipinski definition) is 1. The third kappa shape index (κ3) is 2.54. The van der Waals surface area contributed by atoms with Crippen LogP contribution in [0.5, 0.6) is 0 Å². The van der Waals surface area contributed by atoms with E-state index >= 15 is 0 Å². The molecule has 0 atom stereocenters. The molecule has 0 saturated carbocycles. The van der Waals surface area contributed by atoms with Gasteiger partial charge in [0.15, 0.2) is 0 Å². The molecule has 0 radical (unpaired) electrons. The fraction of sp³-hybridized carbons (Fsp3) is 0.800. The molecule has 0 unspecified atom stereocenters. The van der Waals surface area contributed by atoms with Gasteiger partial charge in [-0.05, 0) is 26.7 Å². The monoisotopic (exact) mass is 199 g/mol. The van der Waals surface area contributed by atoms with Gasteiger partial charge in [-0.25, -0.2) is 0 Å². The number of carbonyl (C=O) groups is 2. The fourth-order valence-corrected chi connectivity index (χ4v) is 1.63. The van der Waals surface area contributed by atoms with Crippen LogP contribution in [0.15, 0.2) is 0 Å². The molecule has 1 aliphatic rings. The first-order chi connectivity index (χ1) is 6.45. The number of aliphatic hydroxyl groups is 1. The fourth-order valence-electron chi connectivity index (χ4n) is 1.63. The Kier molecular flexibility index (Phi) is 3.26. The molecule has 0 bridgehead atoms. The summed E-state index contributed by atoms with van der Waals surface area (Å²) in [6.45, 7) is 4.13. The predicted molar refractivity (Wildman–Crippen MR) is 51.7 cm³/mol. The third-order valence-electron chi connectivity index (χ3n) is 2.54. The minimum absolute atomic E-state index is 0.0841. The van der Waals surface area contributed by atoms with Crippen LogP contribution in [0.25, 0.3) is 0 Å². The summed E-state index contributed by atoms with van der Waals surface area (Å²) in [4.78, 5) is 23.7. The average molecular weight is 199 g/mol. The Balaban J connectivity index is 2.50. The predicted octanol–water partition coefficient (Wildman–Crippen LogP) is 0.195. The molecule has 0 aromatic heterocycles. The Labute approximate surface area is 83.9 Å². The van der Waals surface area contributed by atoms with Crippen molar-refractivity contribution in [2.45, 2.75) is 32.3 Å². The van der Waals surface area contributed by atoms with E-state index in [1.807, 2.05) is 0 Å². The molecule has 1 aliphatic heterocycles. The molecule has 1 fully saturated rings. The third-order valence-corrected chi connectivity index (χ3v) is 2.54. The molecular weight excluding hydrogens is 182 g/mol. The Morgan fingerprint density at radius 1 is 1.43 bits per heavy atom. The first kappa shape index (κ1) is 11.2. The highest BCUT2D eigenvalue weighted by atomic mass is 16.3. The van der Waals surface area contributed by atoms with Crippen LogP contribution in [0.1, 0.15) is 26.7 Å². The van der Waals surface area contributed by atoms with E-state index in [0.717, 1.165) is 6.29 Å². The quantitative estimate of drug-likeness (QED) is 0.646. The minimum atomic E-state index is -1.30. The second-order valence-electron chi connectivity index (χ2n) is 4.32. The van der Waals surface area contributed by atoms with Crippen molar-refractivity contribution in [3.05, 3.63) is 0 Å². The van der Waals surface area contributed by atoms with Crippen molar-refractivity contribution in [1.29, 1.82) is 0 Å². The van der Waals surface area contributed by atoms with Crippen molar-refractivity contribution < 1.29 is 14.7 Å². The van der Waals surface area contributed by atoms with Gasteiger partial charge in [0.05, 0.1) is 0 Å². The largest absolute Gasteiger partial charge is 0.381 e. The summed E-state index contributed by atoms with van der Waals surface area (Å²) in [6.07, 6.45) is 2.38. The SMILES string of the molecule is CC(C)(O)C(=O)N1CCC(C=O)CC1. The van der Waals surface area contributed by atoms with Crippen LogP contribution in [0.3, 0.4) is 0 Å². The topological polar surface area (TPSA) is 57.6 Å². The Hall–Kier alpha value is -0.900. The van der Waals surface area contributed by atoms with E-state index < -0.39 is 5.60 Å². The van der Waals surface area contributed by atoms with Crippen molar-refractivity contribution in [3.8, 4) is 0 Å². The number of amides is 1. The number of aldehydes is 1. The molecular formula is C10H17NO3. The first-order valence-electron chi connectivity index (χ1n) is 4.92. The Bertz CT molecular complexity index is 224. The van der Waals surface area contributed by atoms with E-state index in [9.17, 15) is 14.7 Å². The zero-order valence-electron chi connectivity index (χ0n) is 8.69. The van der Waals surface area contributed by atoms with Crippen LogP contribution in [0.4, 0.5) is 0 Å². The first-order valence-corrected chi connectivity index (χ1v) is 4.92. The van der Waals surface area contributed by atoms with Crippen LogP contribution in [-0.4, -0.2) is 40.9 Å². The van der Waals surface area contributed by atoms with Gasteiger partial charge < -0.3 is 14.8 Å². The lowest BCUT2D eigenvalue weighted by molar-refractivity contribution is -0.149. The molecule has 0 aliphatic carbocycles. The van der Waals surface area contributed by atoms with Gasteiger partial charge in [0.1, 0.15) is 11.9 Å². The molecule has 1 rings (SSSR count). The van der Waals surface area contributed by atoms with Crippen LogP contribution in [0, 0.1) is 5.92 Å². The highest BCUT2D eigenvalue weighted by molar-refractivity contribution is 5.84. The molecule has 0 spiro atoms. The molecule has 1 N–H and O–H groups in total. The van der Waals surface area contributed by atoms with Crippen molar-refractivity contribution in [1.82, 2.24) is 4.90 Å². The van der Waals surface area contributed by atoms with Crippen molar-refractivity contribution in [3.63, 3.8) is 0 Å². The molecule has 1 amide bonds. The van der Waals surface area contributed by atoms with Gasteiger partial charge in [0.25, 0.3) is 5.91 Å². The average Bonchev–Trinajstić information content (AvgIpc) is 2.15. The van der Waals surface area contributed by atoms with E-state index in [1.54, 1.807) is 4.90 Å². The number of hydrogen-bond acceptors (Lipinski definition) is 3. The van der Waals surface area contributed by atoms with Crippen molar-refractivity contribution in [2.24, 2.45) is 5.92 Å². The van der Waals surface area contributed by atoms with E-state index in [-0.39, 0.29) is 11.8 Å². The van der Waals surface area contributed by atoms with Gasteiger partial charge in [0.2, 0.25) is 0 Å². The number of piperidine rings is 1. The summed E-state index contributed by atoms with van der Waals surface area (Å²) in [5.41, 5.74) is -1.30. The maximum absolute atomic E-state index is 11.6. The number of rotatable bonds is 2. The number of carbonyl (C=O) groups excluding carboxylic acids is 2. The van der Waals surface area contributed by atoms with Crippen LogP contribution < -0.4 is 0 Å². The molecule has 1 heterocycles. The summed E-state index contributed by atoms with van der Waals surface area (Å²) in [5, 5.41) is 9.50. The lowest BCUT2D eigenvalue weighted by Crippen LogP contribution is -2.48. The van der Waals surface area contributed by atoms with Crippen LogP contribution in [-0.2, 0) is 9.59 Å². The van der Waals surface area contributed by atoms with E-state index in [2.05, 4.69) is 0 Å². The molecule has 0 aromatic rings. The van der Waals surface area contributed by atoms with Crippen LogP contribution in [0.2, 0.25) is 0 Å². The summed E-state index contributed by atoms with van der Waals surface area (Å²) in [6, 6.07) is 0. The van der Waals surface area contributed by atoms with Gasteiger partial charge in [-0.3, -0.25) is 4.79 Å². The van der Waals surface area contributed by atoms with Crippen molar-refractivity contribution >= 4 is 12.2 Å². The number of nitrogens with zero attached hydrogens (tertiary/aromatic N) is 1. The molecule has 4 nitrogen and oxygen atoms in total. The summed E-state index contributed by atoms with van der Waals surface area (Å²) >= 11 is 0. The van der Waals surface area contributed by atoms with Gasteiger partial charge >= 0.3 is 0 Å². The summed E-state index contributed by atoms with van der Waals surface area (Å²) in [7, 11) is 0. The molecule has 80 valence electrons. The zero-order chi connectivity index (χ0) is 10.8. The highest BCUT2D eigenvalue weighted by Crippen LogP contribution is 2.18. The second kappa shape index (κ2) is 4.09. The Morgan fingerprint density at radius 2 is 1.93 bits per heavy atom. The van der Waals surface area contributed by atoms with Gasteiger partial charge in [0, 0.05) is 19.0 Å².